The van der Waals surface area contributed by atoms with Crippen molar-refractivity contribution in [1.82, 2.24) is 9.88 Å². The SMILES string of the molecule is CCOc1ccccc1-c1nc(CN2CCCC(c3ccccc3)C2)c(C)o1. The van der Waals surface area contributed by atoms with Gasteiger partial charge in [-0.3, -0.25) is 4.90 Å². The van der Waals surface area contributed by atoms with Crippen LogP contribution in [0.15, 0.2) is 59.0 Å². The van der Waals surface area contributed by atoms with E-state index in [1.165, 1.54) is 18.4 Å². The van der Waals surface area contributed by atoms with Crippen molar-refractivity contribution in [2.45, 2.75) is 39.2 Å². The molecule has 1 saturated heterocycles. The fraction of sp³-hybridized carbons (Fsp3) is 0.375. The van der Waals surface area contributed by atoms with E-state index in [9.17, 15) is 0 Å². The fourth-order valence-corrected chi connectivity index (χ4v) is 4.02. The Balaban J connectivity index is 1.50. The number of hydrogen-bond donors (Lipinski definition) is 0. The summed E-state index contributed by atoms with van der Waals surface area (Å²) in [6, 6.07) is 18.8. The molecule has 4 rings (SSSR count). The van der Waals surface area contributed by atoms with Gasteiger partial charge in [0, 0.05) is 13.1 Å². The van der Waals surface area contributed by atoms with Gasteiger partial charge in [-0.1, -0.05) is 42.5 Å². The van der Waals surface area contributed by atoms with E-state index in [-0.39, 0.29) is 0 Å². The first-order valence-electron chi connectivity index (χ1n) is 10.2. The quantitative estimate of drug-likeness (QED) is 0.575. The van der Waals surface area contributed by atoms with Crippen LogP contribution >= 0.6 is 0 Å². The molecular weight excluding hydrogens is 348 g/mol. The van der Waals surface area contributed by atoms with Crippen molar-refractivity contribution in [2.75, 3.05) is 19.7 Å². The molecule has 4 heteroatoms. The van der Waals surface area contributed by atoms with E-state index in [4.69, 9.17) is 14.1 Å². The molecule has 0 amide bonds. The maximum absolute atomic E-state index is 6.02. The molecule has 0 spiro atoms. The number of ether oxygens (including phenoxy) is 1. The van der Waals surface area contributed by atoms with Crippen molar-refractivity contribution in [3.63, 3.8) is 0 Å². The smallest absolute Gasteiger partial charge is 0.230 e. The molecule has 2 heterocycles. The van der Waals surface area contributed by atoms with E-state index in [2.05, 4.69) is 35.2 Å². The molecule has 146 valence electrons. The van der Waals surface area contributed by atoms with E-state index < -0.39 is 0 Å². The molecule has 3 aromatic rings. The molecule has 1 aliphatic heterocycles. The number of piperidine rings is 1. The van der Waals surface area contributed by atoms with Gasteiger partial charge < -0.3 is 9.15 Å². The molecule has 0 N–H and O–H groups in total. The van der Waals surface area contributed by atoms with Crippen LogP contribution in [-0.4, -0.2) is 29.6 Å². The number of benzene rings is 2. The van der Waals surface area contributed by atoms with Crippen molar-refractivity contribution < 1.29 is 9.15 Å². The van der Waals surface area contributed by atoms with E-state index >= 15 is 0 Å². The largest absolute Gasteiger partial charge is 0.493 e. The molecular formula is C24H28N2O2. The van der Waals surface area contributed by atoms with Crippen LogP contribution in [0.5, 0.6) is 5.75 Å². The van der Waals surface area contributed by atoms with Crippen LogP contribution in [0.3, 0.4) is 0 Å². The van der Waals surface area contributed by atoms with Gasteiger partial charge in [-0.25, -0.2) is 4.98 Å². The Morgan fingerprint density at radius 2 is 1.89 bits per heavy atom. The lowest BCUT2D eigenvalue weighted by atomic mass is 9.90. The Morgan fingerprint density at radius 3 is 2.71 bits per heavy atom. The van der Waals surface area contributed by atoms with Gasteiger partial charge in [0.1, 0.15) is 11.5 Å². The van der Waals surface area contributed by atoms with Crippen LogP contribution in [0.1, 0.15) is 42.7 Å². The number of rotatable bonds is 6. The minimum absolute atomic E-state index is 0.598. The summed E-state index contributed by atoms with van der Waals surface area (Å²) in [6.07, 6.45) is 2.47. The summed E-state index contributed by atoms with van der Waals surface area (Å²) in [5.74, 6) is 2.96. The molecule has 0 aliphatic carbocycles. The Bertz CT molecular complexity index is 904. The topological polar surface area (TPSA) is 38.5 Å². The van der Waals surface area contributed by atoms with E-state index in [1.807, 2.05) is 38.1 Å². The third kappa shape index (κ3) is 4.12. The minimum atomic E-state index is 0.598. The molecule has 1 aliphatic rings. The second kappa shape index (κ2) is 8.61. The molecule has 4 nitrogen and oxygen atoms in total. The highest BCUT2D eigenvalue weighted by atomic mass is 16.5. The maximum atomic E-state index is 6.02. The zero-order chi connectivity index (χ0) is 19.3. The summed E-state index contributed by atoms with van der Waals surface area (Å²) in [7, 11) is 0. The van der Waals surface area contributed by atoms with Crippen LogP contribution in [0, 0.1) is 6.92 Å². The Kier molecular flexibility index (Phi) is 5.77. The highest BCUT2D eigenvalue weighted by Crippen LogP contribution is 2.32. The van der Waals surface area contributed by atoms with Crippen molar-refractivity contribution in [2.24, 2.45) is 0 Å². The van der Waals surface area contributed by atoms with E-state index in [1.54, 1.807) is 0 Å². The summed E-state index contributed by atoms with van der Waals surface area (Å²) >= 11 is 0. The van der Waals surface area contributed by atoms with E-state index in [0.717, 1.165) is 42.4 Å². The van der Waals surface area contributed by atoms with Crippen LogP contribution in [0.2, 0.25) is 0 Å². The minimum Gasteiger partial charge on any atom is -0.493 e. The highest BCUT2D eigenvalue weighted by molar-refractivity contribution is 5.63. The number of likely N-dealkylation sites (tertiary alicyclic amines) is 1. The monoisotopic (exact) mass is 376 g/mol. The van der Waals surface area contributed by atoms with Gasteiger partial charge in [0.05, 0.1) is 17.9 Å². The average Bonchev–Trinajstić information content (AvgIpc) is 3.10. The summed E-state index contributed by atoms with van der Waals surface area (Å²) in [4.78, 5) is 7.33. The fourth-order valence-electron chi connectivity index (χ4n) is 4.02. The highest BCUT2D eigenvalue weighted by Gasteiger charge is 2.23. The molecule has 1 atom stereocenters. The number of oxazole rings is 1. The molecule has 0 radical (unpaired) electrons. The van der Waals surface area contributed by atoms with Gasteiger partial charge in [0.25, 0.3) is 0 Å². The third-order valence-electron chi connectivity index (χ3n) is 5.46. The van der Waals surface area contributed by atoms with Gasteiger partial charge in [0.2, 0.25) is 5.89 Å². The first-order chi connectivity index (χ1) is 13.7. The van der Waals surface area contributed by atoms with Gasteiger partial charge in [-0.2, -0.15) is 0 Å². The van der Waals surface area contributed by atoms with Crippen molar-refractivity contribution >= 4 is 0 Å². The van der Waals surface area contributed by atoms with Crippen molar-refractivity contribution in [3.8, 4) is 17.2 Å². The van der Waals surface area contributed by atoms with Gasteiger partial charge in [-0.15, -0.1) is 0 Å². The summed E-state index contributed by atoms with van der Waals surface area (Å²) in [5, 5.41) is 0. The van der Waals surface area contributed by atoms with Crippen LogP contribution in [0.25, 0.3) is 11.5 Å². The van der Waals surface area contributed by atoms with Crippen molar-refractivity contribution in [3.05, 3.63) is 71.6 Å². The number of aromatic nitrogens is 1. The molecule has 2 aromatic carbocycles. The standard InChI is InChI=1S/C24H28N2O2/c1-3-27-23-14-8-7-13-21(23)24-25-22(18(2)28-24)17-26-15-9-12-20(16-26)19-10-5-4-6-11-19/h4-8,10-11,13-14,20H,3,9,12,15-17H2,1-2H3. The van der Waals surface area contributed by atoms with Crippen LogP contribution in [-0.2, 0) is 6.54 Å². The lowest BCUT2D eigenvalue weighted by molar-refractivity contribution is 0.197. The Morgan fingerprint density at radius 1 is 1.11 bits per heavy atom. The lowest BCUT2D eigenvalue weighted by Gasteiger charge is -2.32. The predicted molar refractivity (Wildman–Crippen MR) is 112 cm³/mol. The Hall–Kier alpha value is -2.59. The molecule has 1 unspecified atom stereocenters. The van der Waals surface area contributed by atoms with Gasteiger partial charge >= 0.3 is 0 Å². The molecule has 0 saturated carbocycles. The molecule has 1 aromatic heterocycles. The number of nitrogens with zero attached hydrogens (tertiary/aromatic N) is 2. The predicted octanol–water partition coefficient (Wildman–Crippen LogP) is 5.43. The summed E-state index contributed by atoms with van der Waals surface area (Å²) in [5.41, 5.74) is 3.38. The zero-order valence-electron chi connectivity index (χ0n) is 16.7. The lowest BCUT2D eigenvalue weighted by Crippen LogP contribution is -2.34. The first-order valence-corrected chi connectivity index (χ1v) is 10.2. The number of para-hydroxylation sites is 1. The van der Waals surface area contributed by atoms with Gasteiger partial charge in [-0.05, 0) is 56.8 Å². The van der Waals surface area contributed by atoms with Crippen molar-refractivity contribution in [1.29, 1.82) is 0 Å². The van der Waals surface area contributed by atoms with Crippen LogP contribution < -0.4 is 4.74 Å². The maximum Gasteiger partial charge on any atom is 0.230 e. The second-order valence-electron chi connectivity index (χ2n) is 7.44. The zero-order valence-corrected chi connectivity index (χ0v) is 16.7. The number of aryl methyl sites for hydroxylation is 1. The molecule has 0 bridgehead atoms. The number of hydrogen-bond acceptors (Lipinski definition) is 4. The normalized spacial score (nSPS) is 17.6. The summed E-state index contributed by atoms with van der Waals surface area (Å²) < 4.78 is 11.8. The Labute approximate surface area is 167 Å². The molecule has 1 fully saturated rings. The third-order valence-corrected chi connectivity index (χ3v) is 5.46. The van der Waals surface area contributed by atoms with Gasteiger partial charge in [0.15, 0.2) is 0 Å². The summed E-state index contributed by atoms with van der Waals surface area (Å²) in [6.45, 7) is 7.63. The average molecular weight is 377 g/mol. The first kappa shape index (κ1) is 18.8. The molecule has 28 heavy (non-hydrogen) atoms. The van der Waals surface area contributed by atoms with Crippen LogP contribution in [0.4, 0.5) is 0 Å². The van der Waals surface area contributed by atoms with E-state index in [0.29, 0.717) is 18.4 Å². The second-order valence-corrected chi connectivity index (χ2v) is 7.44.